The molecule has 2 aliphatic heterocycles. The van der Waals surface area contributed by atoms with Crippen molar-refractivity contribution in [3.63, 3.8) is 0 Å². The number of hydrogen-bond acceptors (Lipinski definition) is 3. The predicted octanol–water partition coefficient (Wildman–Crippen LogP) is 4.61. The molecule has 1 atom stereocenters. The molecule has 3 heteroatoms. The topological polar surface area (TPSA) is 15.7 Å². The Balaban J connectivity index is 1.38. The van der Waals surface area contributed by atoms with Gasteiger partial charge in [0.1, 0.15) is 0 Å². The molecule has 2 aliphatic rings. The van der Waals surface area contributed by atoms with Gasteiger partial charge in [0.25, 0.3) is 0 Å². The van der Waals surface area contributed by atoms with Crippen LogP contribution in [0.15, 0.2) is 30.3 Å². The van der Waals surface area contributed by atoms with Crippen LogP contribution < -0.4 is 0 Å². The smallest absolute Gasteiger partial charge is 0.0594 e. The van der Waals surface area contributed by atoms with E-state index in [1.807, 2.05) is 0 Å². The van der Waals surface area contributed by atoms with Crippen molar-refractivity contribution in [2.24, 2.45) is 5.92 Å². The number of benzene rings is 1. The van der Waals surface area contributed by atoms with Crippen molar-refractivity contribution in [2.75, 3.05) is 52.5 Å². The Labute approximate surface area is 167 Å². The minimum atomic E-state index is 0.890. The Morgan fingerprint density at radius 2 is 1.44 bits per heavy atom. The van der Waals surface area contributed by atoms with Crippen LogP contribution in [0.3, 0.4) is 0 Å². The zero-order chi connectivity index (χ0) is 18.6. The molecule has 3 rings (SSSR count). The third-order valence-electron chi connectivity index (χ3n) is 6.41. The summed E-state index contributed by atoms with van der Waals surface area (Å²) >= 11 is 0. The summed E-state index contributed by atoms with van der Waals surface area (Å²) in [5.74, 6) is 0.890. The lowest BCUT2D eigenvalue weighted by Crippen LogP contribution is -2.37. The van der Waals surface area contributed by atoms with E-state index in [2.05, 4.69) is 40.1 Å². The minimum Gasteiger partial charge on any atom is -0.379 e. The highest BCUT2D eigenvalue weighted by Crippen LogP contribution is 2.21. The van der Waals surface area contributed by atoms with Crippen LogP contribution in [0.5, 0.6) is 0 Å². The SMILES string of the molecule is c1ccc(CCCC(CCCN2CCCCC2)CCN2CCOCC2)cc1. The Bertz CT molecular complexity index is 480. The van der Waals surface area contributed by atoms with Crippen LogP contribution in [0.25, 0.3) is 0 Å². The van der Waals surface area contributed by atoms with Gasteiger partial charge in [0.05, 0.1) is 13.2 Å². The number of piperidine rings is 1. The molecule has 0 bridgehead atoms. The predicted molar refractivity (Wildman–Crippen MR) is 114 cm³/mol. The average Bonchev–Trinajstić information content (AvgIpc) is 2.74. The number of rotatable bonds is 11. The second-order valence-electron chi connectivity index (χ2n) is 8.53. The first-order chi connectivity index (χ1) is 13.4. The van der Waals surface area contributed by atoms with E-state index in [9.17, 15) is 0 Å². The molecule has 2 fully saturated rings. The Morgan fingerprint density at radius 1 is 0.741 bits per heavy atom. The molecule has 0 radical (unpaired) electrons. The third-order valence-corrected chi connectivity index (χ3v) is 6.41. The van der Waals surface area contributed by atoms with E-state index in [0.717, 1.165) is 32.2 Å². The van der Waals surface area contributed by atoms with Crippen molar-refractivity contribution in [1.29, 1.82) is 0 Å². The van der Waals surface area contributed by atoms with Crippen molar-refractivity contribution < 1.29 is 4.74 Å². The van der Waals surface area contributed by atoms with Crippen molar-refractivity contribution in [3.05, 3.63) is 35.9 Å². The van der Waals surface area contributed by atoms with Crippen molar-refractivity contribution in [3.8, 4) is 0 Å². The van der Waals surface area contributed by atoms with Gasteiger partial charge in [-0.15, -0.1) is 0 Å². The molecule has 0 aliphatic carbocycles. The highest BCUT2D eigenvalue weighted by Gasteiger charge is 2.15. The van der Waals surface area contributed by atoms with E-state index < -0.39 is 0 Å². The van der Waals surface area contributed by atoms with E-state index in [0.29, 0.717) is 0 Å². The zero-order valence-electron chi connectivity index (χ0n) is 17.3. The molecular formula is C24H40N2O. The van der Waals surface area contributed by atoms with E-state index in [1.54, 1.807) is 0 Å². The molecule has 0 amide bonds. The number of aryl methyl sites for hydroxylation is 1. The largest absolute Gasteiger partial charge is 0.379 e. The summed E-state index contributed by atoms with van der Waals surface area (Å²) in [7, 11) is 0. The van der Waals surface area contributed by atoms with Gasteiger partial charge in [-0.1, -0.05) is 43.2 Å². The minimum absolute atomic E-state index is 0.890. The summed E-state index contributed by atoms with van der Waals surface area (Å²) in [6, 6.07) is 11.0. The fourth-order valence-electron chi connectivity index (χ4n) is 4.65. The molecular weight excluding hydrogens is 332 g/mol. The van der Waals surface area contributed by atoms with Crippen LogP contribution in [-0.2, 0) is 11.2 Å². The average molecular weight is 373 g/mol. The summed E-state index contributed by atoms with van der Waals surface area (Å²) in [5, 5.41) is 0. The normalized spacial score (nSPS) is 20.6. The number of hydrogen-bond donors (Lipinski definition) is 0. The van der Waals surface area contributed by atoms with Gasteiger partial charge in [-0.2, -0.15) is 0 Å². The molecule has 152 valence electrons. The van der Waals surface area contributed by atoms with Gasteiger partial charge in [-0.25, -0.2) is 0 Å². The van der Waals surface area contributed by atoms with Crippen LogP contribution in [-0.4, -0.2) is 62.3 Å². The molecule has 1 aromatic rings. The molecule has 27 heavy (non-hydrogen) atoms. The fourth-order valence-corrected chi connectivity index (χ4v) is 4.65. The number of ether oxygens (including phenoxy) is 1. The Hall–Kier alpha value is -0.900. The Morgan fingerprint density at radius 3 is 2.22 bits per heavy atom. The van der Waals surface area contributed by atoms with E-state index in [1.165, 1.54) is 89.5 Å². The lowest BCUT2D eigenvalue weighted by atomic mass is 9.92. The molecule has 2 heterocycles. The monoisotopic (exact) mass is 372 g/mol. The highest BCUT2D eigenvalue weighted by molar-refractivity contribution is 5.14. The third kappa shape index (κ3) is 8.33. The molecule has 2 saturated heterocycles. The van der Waals surface area contributed by atoms with Crippen LogP contribution in [0.2, 0.25) is 0 Å². The van der Waals surface area contributed by atoms with E-state index in [-0.39, 0.29) is 0 Å². The molecule has 0 spiro atoms. The maximum atomic E-state index is 5.51. The van der Waals surface area contributed by atoms with Crippen molar-refractivity contribution >= 4 is 0 Å². The lowest BCUT2D eigenvalue weighted by Gasteiger charge is -2.29. The van der Waals surface area contributed by atoms with Crippen molar-refractivity contribution in [2.45, 2.75) is 57.8 Å². The van der Waals surface area contributed by atoms with Gasteiger partial charge >= 0.3 is 0 Å². The fraction of sp³-hybridized carbons (Fsp3) is 0.750. The van der Waals surface area contributed by atoms with Crippen LogP contribution in [0, 0.1) is 5.92 Å². The number of morpholine rings is 1. The number of likely N-dealkylation sites (tertiary alicyclic amines) is 1. The quantitative estimate of drug-likeness (QED) is 0.564. The maximum Gasteiger partial charge on any atom is 0.0594 e. The molecule has 1 aromatic carbocycles. The maximum absolute atomic E-state index is 5.51. The molecule has 0 N–H and O–H groups in total. The van der Waals surface area contributed by atoms with Crippen LogP contribution in [0.1, 0.15) is 56.9 Å². The zero-order valence-corrected chi connectivity index (χ0v) is 17.3. The first-order valence-corrected chi connectivity index (χ1v) is 11.5. The van der Waals surface area contributed by atoms with Crippen LogP contribution >= 0.6 is 0 Å². The first-order valence-electron chi connectivity index (χ1n) is 11.5. The van der Waals surface area contributed by atoms with Gasteiger partial charge in [-0.3, -0.25) is 4.90 Å². The second-order valence-corrected chi connectivity index (χ2v) is 8.53. The summed E-state index contributed by atoms with van der Waals surface area (Å²) in [6.07, 6.45) is 12.4. The summed E-state index contributed by atoms with van der Waals surface area (Å²) < 4.78 is 5.51. The van der Waals surface area contributed by atoms with Gasteiger partial charge in [0.2, 0.25) is 0 Å². The van der Waals surface area contributed by atoms with Gasteiger partial charge in [0.15, 0.2) is 0 Å². The number of nitrogens with zero attached hydrogens (tertiary/aromatic N) is 2. The van der Waals surface area contributed by atoms with Gasteiger partial charge in [0, 0.05) is 13.1 Å². The molecule has 0 aromatic heterocycles. The van der Waals surface area contributed by atoms with Crippen LogP contribution in [0.4, 0.5) is 0 Å². The second kappa shape index (κ2) is 12.5. The molecule has 3 nitrogen and oxygen atoms in total. The summed E-state index contributed by atoms with van der Waals surface area (Å²) in [5.41, 5.74) is 1.50. The highest BCUT2D eigenvalue weighted by atomic mass is 16.5. The summed E-state index contributed by atoms with van der Waals surface area (Å²) in [4.78, 5) is 5.31. The van der Waals surface area contributed by atoms with E-state index in [4.69, 9.17) is 4.74 Å². The molecule has 0 saturated carbocycles. The van der Waals surface area contributed by atoms with Crippen molar-refractivity contribution in [1.82, 2.24) is 9.80 Å². The van der Waals surface area contributed by atoms with E-state index >= 15 is 0 Å². The lowest BCUT2D eigenvalue weighted by molar-refractivity contribution is 0.0349. The molecule has 1 unspecified atom stereocenters. The van der Waals surface area contributed by atoms with Gasteiger partial charge < -0.3 is 9.64 Å². The van der Waals surface area contributed by atoms with Gasteiger partial charge in [-0.05, 0) is 82.6 Å². The first kappa shape index (κ1) is 20.8. The summed E-state index contributed by atoms with van der Waals surface area (Å²) in [6.45, 7) is 9.38. The standard InChI is InChI=1S/C24H40N2O/c1-3-9-23(10-4-1)11-7-12-24(14-18-26-19-21-27-22-20-26)13-8-17-25-15-5-2-6-16-25/h1,3-4,9-10,24H,2,5-8,11-22H2. The Kier molecular flexibility index (Phi) is 9.67.